The monoisotopic (exact) mass is 242 g/mol. The number of halogens is 2. The molecule has 0 aliphatic carbocycles. The zero-order valence-corrected chi connectivity index (χ0v) is 9.95. The van der Waals surface area contributed by atoms with Gasteiger partial charge in [0.05, 0.1) is 0 Å². The Bertz CT molecular complexity index is 373. The molecule has 1 aromatic rings. The first kappa shape index (κ1) is 13.6. The van der Waals surface area contributed by atoms with Gasteiger partial charge >= 0.3 is 6.61 Å². The molecule has 0 aliphatic rings. The van der Waals surface area contributed by atoms with Crippen LogP contribution in [0.5, 0.6) is 5.75 Å². The average molecular weight is 242 g/mol. The highest BCUT2D eigenvalue weighted by atomic mass is 19.3. The molecule has 1 aromatic carbocycles. The highest BCUT2D eigenvalue weighted by Crippen LogP contribution is 2.20. The third kappa shape index (κ3) is 3.80. The lowest BCUT2D eigenvalue weighted by molar-refractivity contribution is -0.0498. The zero-order chi connectivity index (χ0) is 12.8. The molecular formula is C13H16F2O2. The van der Waals surface area contributed by atoms with E-state index in [1.165, 1.54) is 12.1 Å². The number of alkyl halides is 2. The van der Waals surface area contributed by atoms with Crippen molar-refractivity contribution in [2.75, 3.05) is 0 Å². The molecule has 1 rings (SSSR count). The van der Waals surface area contributed by atoms with Gasteiger partial charge in [-0.25, -0.2) is 0 Å². The Kier molecular flexibility index (Phi) is 5.07. The minimum absolute atomic E-state index is 0.0188. The molecule has 0 N–H and O–H groups in total. The number of ketones is 1. The molecule has 4 heteroatoms. The fourth-order valence-electron chi connectivity index (χ4n) is 1.72. The number of benzene rings is 1. The summed E-state index contributed by atoms with van der Waals surface area (Å²) in [5, 5.41) is 0. The molecule has 0 fully saturated rings. The fourth-order valence-corrected chi connectivity index (χ4v) is 1.72. The van der Waals surface area contributed by atoms with Gasteiger partial charge in [0.2, 0.25) is 0 Å². The number of carbonyl (C=O) groups excluding carboxylic acids is 1. The second kappa shape index (κ2) is 6.33. The van der Waals surface area contributed by atoms with Crippen molar-refractivity contribution in [1.82, 2.24) is 0 Å². The van der Waals surface area contributed by atoms with Gasteiger partial charge in [-0.15, -0.1) is 0 Å². The predicted octanol–water partition coefficient (Wildman–Crippen LogP) is 3.91. The van der Waals surface area contributed by atoms with Crippen molar-refractivity contribution in [3.8, 4) is 5.75 Å². The maximum Gasteiger partial charge on any atom is 0.387 e. The van der Waals surface area contributed by atoms with Crippen molar-refractivity contribution < 1.29 is 18.3 Å². The SMILES string of the molecule is CCC(CC)C(=O)c1cccc(OC(F)F)c1. The van der Waals surface area contributed by atoms with Crippen LogP contribution in [0.1, 0.15) is 37.0 Å². The van der Waals surface area contributed by atoms with Crippen LogP contribution in [0.3, 0.4) is 0 Å². The summed E-state index contributed by atoms with van der Waals surface area (Å²) in [4.78, 5) is 12.0. The maximum absolute atomic E-state index is 12.0. The van der Waals surface area contributed by atoms with Crippen LogP contribution in [0.4, 0.5) is 8.78 Å². The summed E-state index contributed by atoms with van der Waals surface area (Å²) in [7, 11) is 0. The van der Waals surface area contributed by atoms with E-state index in [1.807, 2.05) is 13.8 Å². The van der Waals surface area contributed by atoms with Gasteiger partial charge in [-0.2, -0.15) is 8.78 Å². The second-order valence-electron chi connectivity index (χ2n) is 3.78. The lowest BCUT2D eigenvalue weighted by atomic mass is 9.93. The van der Waals surface area contributed by atoms with E-state index in [9.17, 15) is 13.6 Å². The molecule has 0 saturated heterocycles. The zero-order valence-electron chi connectivity index (χ0n) is 9.95. The van der Waals surface area contributed by atoms with Gasteiger partial charge in [0.15, 0.2) is 5.78 Å². The third-order valence-corrected chi connectivity index (χ3v) is 2.70. The Morgan fingerprint density at radius 2 is 1.94 bits per heavy atom. The third-order valence-electron chi connectivity index (χ3n) is 2.70. The molecule has 0 amide bonds. The molecular weight excluding hydrogens is 226 g/mol. The Morgan fingerprint density at radius 3 is 2.47 bits per heavy atom. The first-order chi connectivity index (χ1) is 8.08. The smallest absolute Gasteiger partial charge is 0.387 e. The molecule has 0 spiro atoms. The van der Waals surface area contributed by atoms with E-state index in [2.05, 4.69) is 4.74 Å². The van der Waals surface area contributed by atoms with Gasteiger partial charge in [-0.3, -0.25) is 4.79 Å². The predicted molar refractivity (Wildman–Crippen MR) is 61.5 cm³/mol. The Balaban J connectivity index is 2.87. The highest BCUT2D eigenvalue weighted by molar-refractivity contribution is 5.98. The summed E-state index contributed by atoms with van der Waals surface area (Å²) in [6.45, 7) is 1.01. The first-order valence-corrected chi connectivity index (χ1v) is 5.67. The maximum atomic E-state index is 12.0. The molecule has 0 heterocycles. The van der Waals surface area contributed by atoms with Crippen molar-refractivity contribution in [1.29, 1.82) is 0 Å². The van der Waals surface area contributed by atoms with Crippen LogP contribution >= 0.6 is 0 Å². The van der Waals surface area contributed by atoms with Gasteiger partial charge in [-0.05, 0) is 25.0 Å². The van der Waals surface area contributed by atoms with E-state index >= 15 is 0 Å². The highest BCUT2D eigenvalue weighted by Gasteiger charge is 2.17. The number of Topliss-reactive ketones (excluding diaryl/α,β-unsaturated/α-hetero) is 1. The van der Waals surface area contributed by atoms with Crippen LogP contribution < -0.4 is 4.74 Å². The molecule has 17 heavy (non-hydrogen) atoms. The van der Waals surface area contributed by atoms with E-state index in [4.69, 9.17) is 0 Å². The van der Waals surface area contributed by atoms with Crippen LogP contribution in [-0.4, -0.2) is 12.4 Å². The van der Waals surface area contributed by atoms with Crippen molar-refractivity contribution >= 4 is 5.78 Å². The van der Waals surface area contributed by atoms with E-state index in [1.54, 1.807) is 12.1 Å². The molecule has 0 radical (unpaired) electrons. The Labute approximate surface area is 99.6 Å². The fraction of sp³-hybridized carbons (Fsp3) is 0.462. The number of hydrogen-bond acceptors (Lipinski definition) is 2. The van der Waals surface area contributed by atoms with Gasteiger partial charge in [0.1, 0.15) is 5.75 Å². The summed E-state index contributed by atoms with van der Waals surface area (Å²) in [5.41, 5.74) is 0.428. The van der Waals surface area contributed by atoms with Gasteiger partial charge in [-0.1, -0.05) is 26.0 Å². The van der Waals surface area contributed by atoms with Crippen molar-refractivity contribution in [3.05, 3.63) is 29.8 Å². The van der Waals surface area contributed by atoms with Crippen LogP contribution in [-0.2, 0) is 0 Å². The molecule has 0 unspecified atom stereocenters. The summed E-state index contributed by atoms with van der Waals surface area (Å²) >= 11 is 0. The molecule has 0 saturated carbocycles. The van der Waals surface area contributed by atoms with Crippen molar-refractivity contribution in [3.63, 3.8) is 0 Å². The van der Waals surface area contributed by atoms with Crippen LogP contribution in [0.25, 0.3) is 0 Å². The van der Waals surface area contributed by atoms with Crippen molar-refractivity contribution in [2.24, 2.45) is 5.92 Å². The van der Waals surface area contributed by atoms with E-state index < -0.39 is 6.61 Å². The lowest BCUT2D eigenvalue weighted by Crippen LogP contribution is -2.13. The van der Waals surface area contributed by atoms with Crippen LogP contribution in [0.2, 0.25) is 0 Å². The summed E-state index contributed by atoms with van der Waals surface area (Å²) in [6.07, 6.45) is 1.49. The van der Waals surface area contributed by atoms with Gasteiger partial charge < -0.3 is 4.74 Å². The topological polar surface area (TPSA) is 26.3 Å². The second-order valence-corrected chi connectivity index (χ2v) is 3.78. The molecule has 0 aliphatic heterocycles. The average Bonchev–Trinajstić information content (AvgIpc) is 2.30. The van der Waals surface area contributed by atoms with E-state index in [0.29, 0.717) is 5.56 Å². The Morgan fingerprint density at radius 1 is 1.29 bits per heavy atom. The Hall–Kier alpha value is -1.45. The standard InChI is InChI=1S/C13H16F2O2/c1-3-9(4-2)12(16)10-6-5-7-11(8-10)17-13(14)15/h5-9,13H,3-4H2,1-2H3. The van der Waals surface area contributed by atoms with Gasteiger partial charge in [0, 0.05) is 11.5 Å². The normalized spacial score (nSPS) is 10.9. The van der Waals surface area contributed by atoms with Crippen LogP contribution in [0.15, 0.2) is 24.3 Å². The minimum atomic E-state index is -2.87. The number of hydrogen-bond donors (Lipinski definition) is 0. The van der Waals surface area contributed by atoms with E-state index in [0.717, 1.165) is 12.8 Å². The van der Waals surface area contributed by atoms with Crippen LogP contribution in [0, 0.1) is 5.92 Å². The number of carbonyl (C=O) groups is 1. The first-order valence-electron chi connectivity index (χ1n) is 5.67. The largest absolute Gasteiger partial charge is 0.435 e. The molecule has 2 nitrogen and oxygen atoms in total. The minimum Gasteiger partial charge on any atom is -0.435 e. The lowest BCUT2D eigenvalue weighted by Gasteiger charge is -2.12. The molecule has 94 valence electrons. The van der Waals surface area contributed by atoms with E-state index in [-0.39, 0.29) is 17.5 Å². The van der Waals surface area contributed by atoms with Gasteiger partial charge in [0.25, 0.3) is 0 Å². The molecule has 0 bridgehead atoms. The summed E-state index contributed by atoms with van der Waals surface area (Å²) in [5.74, 6) is -0.0525. The summed E-state index contributed by atoms with van der Waals surface area (Å²) < 4.78 is 28.3. The number of ether oxygens (including phenoxy) is 1. The molecule has 0 atom stereocenters. The van der Waals surface area contributed by atoms with Crippen molar-refractivity contribution in [2.45, 2.75) is 33.3 Å². The quantitative estimate of drug-likeness (QED) is 0.707. The number of rotatable bonds is 6. The molecule has 0 aromatic heterocycles. The summed E-state index contributed by atoms with van der Waals surface area (Å²) in [6, 6.07) is 5.95.